The molecule has 0 bridgehead atoms. The maximum Gasteiger partial charge on any atom is 0.00924 e. The Morgan fingerprint density at radius 2 is 1.65 bits per heavy atom. The number of rotatable bonds is 8. The SMILES string of the molecule is CCC1CCC(N(C)CCCCCCN)CC1. The molecule has 0 heterocycles. The summed E-state index contributed by atoms with van der Waals surface area (Å²) in [5.41, 5.74) is 5.50. The topological polar surface area (TPSA) is 29.3 Å². The fraction of sp³-hybridized carbons (Fsp3) is 1.00. The summed E-state index contributed by atoms with van der Waals surface area (Å²) in [6.45, 7) is 4.48. The highest BCUT2D eigenvalue weighted by atomic mass is 15.1. The molecule has 0 amide bonds. The van der Waals surface area contributed by atoms with Crippen LogP contribution in [-0.4, -0.2) is 31.1 Å². The van der Waals surface area contributed by atoms with Gasteiger partial charge < -0.3 is 10.6 Å². The van der Waals surface area contributed by atoms with Gasteiger partial charge in [0.05, 0.1) is 0 Å². The lowest BCUT2D eigenvalue weighted by atomic mass is 9.84. The molecule has 1 rings (SSSR count). The van der Waals surface area contributed by atoms with E-state index in [2.05, 4.69) is 18.9 Å². The van der Waals surface area contributed by atoms with E-state index in [1.54, 1.807) is 0 Å². The second-order valence-electron chi connectivity index (χ2n) is 5.77. The van der Waals surface area contributed by atoms with Crippen LogP contribution in [0.5, 0.6) is 0 Å². The molecular weight excluding hydrogens is 208 g/mol. The molecule has 2 heteroatoms. The van der Waals surface area contributed by atoms with Gasteiger partial charge in [-0.3, -0.25) is 0 Å². The third-order valence-electron chi connectivity index (χ3n) is 4.48. The molecule has 1 fully saturated rings. The van der Waals surface area contributed by atoms with Gasteiger partial charge in [-0.25, -0.2) is 0 Å². The molecule has 0 unspecified atom stereocenters. The van der Waals surface area contributed by atoms with Crippen LogP contribution in [-0.2, 0) is 0 Å². The minimum atomic E-state index is 0.858. The third-order valence-corrected chi connectivity index (χ3v) is 4.48. The third kappa shape index (κ3) is 5.87. The fourth-order valence-corrected chi connectivity index (χ4v) is 3.04. The molecule has 0 atom stereocenters. The van der Waals surface area contributed by atoms with Crippen LogP contribution >= 0.6 is 0 Å². The van der Waals surface area contributed by atoms with Crippen LogP contribution in [0.4, 0.5) is 0 Å². The molecule has 2 N–H and O–H groups in total. The lowest BCUT2D eigenvalue weighted by Crippen LogP contribution is -2.35. The van der Waals surface area contributed by atoms with E-state index in [0.29, 0.717) is 0 Å². The van der Waals surface area contributed by atoms with Crippen LogP contribution < -0.4 is 5.73 Å². The van der Waals surface area contributed by atoms with Crippen molar-refractivity contribution >= 4 is 0 Å². The summed E-state index contributed by atoms with van der Waals surface area (Å²) in [7, 11) is 2.32. The molecule has 1 aliphatic carbocycles. The van der Waals surface area contributed by atoms with Gasteiger partial charge in [-0.2, -0.15) is 0 Å². The zero-order valence-electron chi connectivity index (χ0n) is 12.0. The molecule has 0 radical (unpaired) electrons. The molecule has 102 valence electrons. The van der Waals surface area contributed by atoms with Crippen molar-refractivity contribution in [3.8, 4) is 0 Å². The van der Waals surface area contributed by atoms with Gasteiger partial charge >= 0.3 is 0 Å². The van der Waals surface area contributed by atoms with Crippen molar-refractivity contribution in [2.24, 2.45) is 11.7 Å². The van der Waals surface area contributed by atoms with Gasteiger partial charge in [-0.1, -0.05) is 26.2 Å². The molecule has 0 aliphatic heterocycles. The summed E-state index contributed by atoms with van der Waals surface area (Å²) >= 11 is 0. The molecule has 0 aromatic rings. The Morgan fingerprint density at radius 1 is 1.00 bits per heavy atom. The first-order valence-electron chi connectivity index (χ1n) is 7.68. The Labute approximate surface area is 108 Å². The number of hydrogen-bond acceptors (Lipinski definition) is 2. The van der Waals surface area contributed by atoms with Crippen molar-refractivity contribution in [2.45, 2.75) is 70.8 Å². The highest BCUT2D eigenvalue weighted by Crippen LogP contribution is 2.28. The number of nitrogens with zero attached hydrogens (tertiary/aromatic N) is 1. The largest absolute Gasteiger partial charge is 0.330 e. The normalized spacial score (nSPS) is 25.4. The van der Waals surface area contributed by atoms with E-state index < -0.39 is 0 Å². The van der Waals surface area contributed by atoms with Crippen LogP contribution in [0.3, 0.4) is 0 Å². The van der Waals surface area contributed by atoms with E-state index in [4.69, 9.17) is 5.73 Å². The summed E-state index contributed by atoms with van der Waals surface area (Å²) in [4.78, 5) is 2.61. The fourth-order valence-electron chi connectivity index (χ4n) is 3.04. The lowest BCUT2D eigenvalue weighted by Gasteiger charge is -2.34. The van der Waals surface area contributed by atoms with E-state index in [0.717, 1.165) is 18.5 Å². The highest BCUT2D eigenvalue weighted by molar-refractivity contribution is 4.77. The first kappa shape index (κ1) is 15.0. The van der Waals surface area contributed by atoms with E-state index >= 15 is 0 Å². The van der Waals surface area contributed by atoms with Crippen molar-refractivity contribution < 1.29 is 0 Å². The van der Waals surface area contributed by atoms with Gasteiger partial charge in [-0.05, 0) is 64.6 Å². The van der Waals surface area contributed by atoms with Crippen molar-refractivity contribution in [1.29, 1.82) is 0 Å². The predicted octanol–water partition coefficient (Wildman–Crippen LogP) is 3.41. The monoisotopic (exact) mass is 240 g/mol. The number of hydrogen-bond donors (Lipinski definition) is 1. The average molecular weight is 240 g/mol. The highest BCUT2D eigenvalue weighted by Gasteiger charge is 2.22. The number of nitrogens with two attached hydrogens (primary N) is 1. The van der Waals surface area contributed by atoms with Gasteiger partial charge in [0.25, 0.3) is 0 Å². The van der Waals surface area contributed by atoms with Gasteiger partial charge in [-0.15, -0.1) is 0 Å². The zero-order valence-corrected chi connectivity index (χ0v) is 12.0. The van der Waals surface area contributed by atoms with Crippen LogP contribution in [0.15, 0.2) is 0 Å². The summed E-state index contributed by atoms with van der Waals surface area (Å²) in [5, 5.41) is 0. The van der Waals surface area contributed by atoms with Crippen molar-refractivity contribution in [1.82, 2.24) is 4.90 Å². The van der Waals surface area contributed by atoms with Crippen LogP contribution in [0.25, 0.3) is 0 Å². The van der Waals surface area contributed by atoms with E-state index in [-0.39, 0.29) is 0 Å². The Hall–Kier alpha value is -0.0800. The zero-order chi connectivity index (χ0) is 12.5. The van der Waals surface area contributed by atoms with Crippen molar-refractivity contribution in [3.05, 3.63) is 0 Å². The second-order valence-corrected chi connectivity index (χ2v) is 5.77. The Kier molecular flexibility index (Phi) is 7.87. The summed E-state index contributed by atoms with van der Waals surface area (Å²) < 4.78 is 0. The minimum absolute atomic E-state index is 0.858. The van der Waals surface area contributed by atoms with Crippen molar-refractivity contribution in [3.63, 3.8) is 0 Å². The Balaban J connectivity index is 2.05. The number of unbranched alkanes of at least 4 members (excludes halogenated alkanes) is 3. The predicted molar refractivity (Wildman–Crippen MR) is 76.2 cm³/mol. The molecule has 0 saturated heterocycles. The van der Waals surface area contributed by atoms with Gasteiger partial charge in [0.1, 0.15) is 0 Å². The minimum Gasteiger partial charge on any atom is -0.330 e. The van der Waals surface area contributed by atoms with Crippen LogP contribution in [0.1, 0.15) is 64.7 Å². The molecular formula is C15H32N2. The molecule has 17 heavy (non-hydrogen) atoms. The maximum absolute atomic E-state index is 5.50. The van der Waals surface area contributed by atoms with E-state index in [1.165, 1.54) is 64.3 Å². The second kappa shape index (κ2) is 8.93. The van der Waals surface area contributed by atoms with Gasteiger partial charge in [0.2, 0.25) is 0 Å². The standard InChI is InChI=1S/C15H32N2/c1-3-14-8-10-15(11-9-14)17(2)13-7-5-4-6-12-16/h14-15H,3-13,16H2,1-2H3. The maximum atomic E-state index is 5.50. The van der Waals surface area contributed by atoms with Crippen LogP contribution in [0.2, 0.25) is 0 Å². The van der Waals surface area contributed by atoms with Crippen LogP contribution in [0, 0.1) is 5.92 Å². The van der Waals surface area contributed by atoms with Crippen molar-refractivity contribution in [2.75, 3.05) is 20.1 Å². The van der Waals surface area contributed by atoms with E-state index in [9.17, 15) is 0 Å². The first-order valence-corrected chi connectivity index (χ1v) is 7.68. The quantitative estimate of drug-likeness (QED) is 0.659. The molecule has 0 aromatic heterocycles. The average Bonchev–Trinajstić information content (AvgIpc) is 2.38. The summed E-state index contributed by atoms with van der Waals surface area (Å²) in [6.07, 6.45) is 12.4. The summed E-state index contributed by atoms with van der Waals surface area (Å²) in [5.74, 6) is 1.02. The Bertz CT molecular complexity index is 174. The van der Waals surface area contributed by atoms with E-state index in [1.807, 2.05) is 0 Å². The molecule has 2 nitrogen and oxygen atoms in total. The first-order chi connectivity index (χ1) is 8.27. The molecule has 1 aliphatic rings. The Morgan fingerprint density at radius 3 is 2.24 bits per heavy atom. The molecule has 1 saturated carbocycles. The molecule has 0 spiro atoms. The lowest BCUT2D eigenvalue weighted by molar-refractivity contribution is 0.161. The summed E-state index contributed by atoms with van der Waals surface area (Å²) in [6, 6.07) is 0.868. The van der Waals surface area contributed by atoms with Gasteiger partial charge in [0, 0.05) is 6.04 Å². The molecule has 0 aromatic carbocycles. The smallest absolute Gasteiger partial charge is 0.00924 e. The van der Waals surface area contributed by atoms with Gasteiger partial charge in [0.15, 0.2) is 0 Å².